The summed E-state index contributed by atoms with van der Waals surface area (Å²) in [6.07, 6.45) is 4.34. The smallest absolute Gasteiger partial charge is 0.218 e. The van der Waals surface area contributed by atoms with Crippen molar-refractivity contribution in [2.24, 2.45) is 4.99 Å². The number of hydrogen-bond donors (Lipinski definition) is 2. The lowest BCUT2D eigenvalue weighted by molar-refractivity contribution is 0.143. The molecule has 0 radical (unpaired) electrons. The Balaban J connectivity index is 1.80. The molecule has 2 rings (SSSR count). The van der Waals surface area contributed by atoms with Gasteiger partial charge in [0, 0.05) is 44.3 Å². The fraction of sp³-hybridized carbons (Fsp3) is 0.625. The number of pyridine rings is 1. The summed E-state index contributed by atoms with van der Waals surface area (Å²) >= 11 is 2.04. The highest BCUT2D eigenvalue weighted by Gasteiger charge is 2.15. The third-order valence-electron chi connectivity index (χ3n) is 3.57. The predicted molar refractivity (Wildman–Crippen MR) is 95.3 cm³/mol. The minimum absolute atomic E-state index is 0.492. The second-order valence-electron chi connectivity index (χ2n) is 5.25. The van der Waals surface area contributed by atoms with Gasteiger partial charge in [0.2, 0.25) is 5.88 Å². The van der Waals surface area contributed by atoms with Gasteiger partial charge in [0.15, 0.2) is 5.96 Å². The van der Waals surface area contributed by atoms with Crippen LogP contribution in [0.5, 0.6) is 5.88 Å². The molecule has 1 fully saturated rings. The van der Waals surface area contributed by atoms with E-state index in [9.17, 15) is 0 Å². The molecule has 1 aliphatic heterocycles. The molecule has 2 N–H and O–H groups in total. The number of nitrogens with zero attached hydrogens (tertiary/aromatic N) is 2. The highest BCUT2D eigenvalue weighted by Crippen LogP contribution is 2.25. The van der Waals surface area contributed by atoms with Gasteiger partial charge in [0.1, 0.15) is 6.61 Å². The first-order chi connectivity index (χ1) is 11.3. The summed E-state index contributed by atoms with van der Waals surface area (Å²) in [5.74, 6) is 2.72. The van der Waals surface area contributed by atoms with Crippen LogP contribution in [-0.2, 0) is 11.3 Å². The largest absolute Gasteiger partial charge is 0.475 e. The van der Waals surface area contributed by atoms with Crippen LogP contribution < -0.4 is 15.4 Å². The van der Waals surface area contributed by atoms with Crippen LogP contribution in [0.15, 0.2) is 23.3 Å². The molecule has 6 nitrogen and oxygen atoms in total. The molecule has 1 aromatic heterocycles. The van der Waals surface area contributed by atoms with Crippen LogP contribution in [0.2, 0.25) is 0 Å². The van der Waals surface area contributed by atoms with Gasteiger partial charge in [-0.3, -0.25) is 4.99 Å². The van der Waals surface area contributed by atoms with Crippen molar-refractivity contribution in [3.8, 4) is 5.88 Å². The van der Waals surface area contributed by atoms with Crippen molar-refractivity contribution in [3.05, 3.63) is 23.9 Å². The number of hydrogen-bond acceptors (Lipinski definition) is 5. The molecule has 23 heavy (non-hydrogen) atoms. The summed E-state index contributed by atoms with van der Waals surface area (Å²) in [7, 11) is 3.44. The predicted octanol–water partition coefficient (Wildman–Crippen LogP) is 1.67. The zero-order valence-electron chi connectivity index (χ0n) is 13.9. The molecule has 128 valence electrons. The molecule has 1 atom stereocenters. The van der Waals surface area contributed by atoms with E-state index in [-0.39, 0.29) is 0 Å². The van der Waals surface area contributed by atoms with E-state index < -0.39 is 0 Å². The second-order valence-corrected chi connectivity index (χ2v) is 6.66. The number of ether oxygens (including phenoxy) is 2. The first kappa shape index (κ1) is 17.9. The van der Waals surface area contributed by atoms with Crippen molar-refractivity contribution in [2.75, 3.05) is 39.7 Å². The minimum atomic E-state index is 0.492. The lowest BCUT2D eigenvalue weighted by Gasteiger charge is -2.16. The Labute approximate surface area is 142 Å². The molecule has 0 spiro atoms. The Hall–Kier alpha value is -1.47. The van der Waals surface area contributed by atoms with Crippen LogP contribution in [0.25, 0.3) is 0 Å². The van der Waals surface area contributed by atoms with Crippen molar-refractivity contribution >= 4 is 17.7 Å². The quantitative estimate of drug-likeness (QED) is 0.427. The van der Waals surface area contributed by atoms with Gasteiger partial charge in [0.05, 0.1) is 6.61 Å². The number of rotatable bonds is 8. The second kappa shape index (κ2) is 10.3. The summed E-state index contributed by atoms with van der Waals surface area (Å²) in [5.41, 5.74) is 1.00. The Bertz CT molecular complexity index is 493. The Morgan fingerprint density at radius 1 is 1.43 bits per heavy atom. The average molecular weight is 338 g/mol. The van der Waals surface area contributed by atoms with Crippen molar-refractivity contribution < 1.29 is 9.47 Å². The summed E-state index contributed by atoms with van der Waals surface area (Å²) in [6, 6.07) is 3.91. The summed E-state index contributed by atoms with van der Waals surface area (Å²) in [6.45, 7) is 2.61. The van der Waals surface area contributed by atoms with E-state index in [1.165, 1.54) is 18.6 Å². The standard InChI is InChI=1S/C16H26N4O2S/c1-17-16(20-12-14-6-4-10-23-14)19-11-13-5-3-7-18-15(13)22-9-8-21-2/h3,5,7,14H,4,6,8-12H2,1-2H3,(H2,17,19,20). The van der Waals surface area contributed by atoms with Crippen molar-refractivity contribution in [1.29, 1.82) is 0 Å². The zero-order valence-corrected chi connectivity index (χ0v) is 14.7. The Morgan fingerprint density at radius 2 is 2.35 bits per heavy atom. The molecule has 0 aromatic carbocycles. The maximum absolute atomic E-state index is 5.65. The van der Waals surface area contributed by atoms with Crippen LogP contribution in [0.3, 0.4) is 0 Å². The van der Waals surface area contributed by atoms with Crippen molar-refractivity contribution in [2.45, 2.75) is 24.6 Å². The number of guanidine groups is 1. The van der Waals surface area contributed by atoms with Gasteiger partial charge in [-0.2, -0.15) is 11.8 Å². The van der Waals surface area contributed by atoms with E-state index in [1.807, 2.05) is 23.9 Å². The van der Waals surface area contributed by atoms with Gasteiger partial charge in [-0.25, -0.2) is 4.98 Å². The van der Waals surface area contributed by atoms with E-state index >= 15 is 0 Å². The third kappa shape index (κ3) is 6.27. The van der Waals surface area contributed by atoms with E-state index in [4.69, 9.17) is 9.47 Å². The molecule has 7 heteroatoms. The van der Waals surface area contributed by atoms with Crippen molar-refractivity contribution in [3.63, 3.8) is 0 Å². The molecule has 1 aromatic rings. The number of aromatic nitrogens is 1. The van der Waals surface area contributed by atoms with Gasteiger partial charge in [-0.1, -0.05) is 6.07 Å². The van der Waals surface area contributed by atoms with Crippen molar-refractivity contribution in [1.82, 2.24) is 15.6 Å². The Morgan fingerprint density at radius 3 is 3.09 bits per heavy atom. The van der Waals surface area contributed by atoms with Gasteiger partial charge >= 0.3 is 0 Å². The average Bonchev–Trinajstić information content (AvgIpc) is 3.10. The SMILES string of the molecule is CN=C(NCc1cccnc1OCCOC)NCC1CCCS1. The summed E-state index contributed by atoms with van der Waals surface area (Å²) < 4.78 is 10.6. The molecule has 1 saturated heterocycles. The maximum atomic E-state index is 5.65. The van der Waals surface area contributed by atoms with E-state index in [0.717, 1.165) is 18.1 Å². The fourth-order valence-corrected chi connectivity index (χ4v) is 3.53. The molecule has 1 unspecified atom stereocenters. The lowest BCUT2D eigenvalue weighted by atomic mass is 10.2. The van der Waals surface area contributed by atoms with Gasteiger partial charge in [0.25, 0.3) is 0 Å². The van der Waals surface area contributed by atoms with E-state index in [1.54, 1.807) is 20.4 Å². The molecule has 1 aliphatic rings. The molecular weight excluding hydrogens is 312 g/mol. The van der Waals surface area contributed by atoms with E-state index in [0.29, 0.717) is 30.9 Å². The van der Waals surface area contributed by atoms with E-state index in [2.05, 4.69) is 20.6 Å². The molecule has 2 heterocycles. The maximum Gasteiger partial charge on any atom is 0.218 e. The van der Waals surface area contributed by atoms with Crippen LogP contribution in [0.1, 0.15) is 18.4 Å². The zero-order chi connectivity index (χ0) is 16.3. The topological polar surface area (TPSA) is 67.8 Å². The molecule has 0 bridgehead atoms. The van der Waals surface area contributed by atoms with Gasteiger partial charge in [-0.15, -0.1) is 0 Å². The Kier molecular flexibility index (Phi) is 8.03. The number of nitrogens with one attached hydrogen (secondary N) is 2. The van der Waals surface area contributed by atoms with Crippen LogP contribution in [0.4, 0.5) is 0 Å². The monoisotopic (exact) mass is 338 g/mol. The van der Waals surface area contributed by atoms with Crippen LogP contribution in [0, 0.1) is 0 Å². The number of aliphatic imine (C=N–C) groups is 1. The molecular formula is C16H26N4O2S. The minimum Gasteiger partial charge on any atom is -0.475 e. The normalized spacial score (nSPS) is 18.0. The third-order valence-corrected chi connectivity index (χ3v) is 4.97. The molecule has 0 amide bonds. The van der Waals surface area contributed by atoms with Crippen LogP contribution >= 0.6 is 11.8 Å². The lowest BCUT2D eigenvalue weighted by Crippen LogP contribution is -2.39. The van der Waals surface area contributed by atoms with Gasteiger partial charge < -0.3 is 20.1 Å². The summed E-state index contributed by atoms with van der Waals surface area (Å²) in [4.78, 5) is 8.56. The highest BCUT2D eigenvalue weighted by atomic mass is 32.2. The number of methoxy groups -OCH3 is 1. The highest BCUT2D eigenvalue weighted by molar-refractivity contribution is 8.00. The first-order valence-electron chi connectivity index (χ1n) is 7.95. The summed E-state index contributed by atoms with van der Waals surface area (Å²) in [5, 5.41) is 7.40. The van der Waals surface area contributed by atoms with Crippen LogP contribution in [-0.4, -0.2) is 55.9 Å². The molecule has 0 aliphatic carbocycles. The first-order valence-corrected chi connectivity index (χ1v) is 9.00. The number of thioether (sulfide) groups is 1. The fourth-order valence-electron chi connectivity index (χ4n) is 2.33. The molecule has 0 saturated carbocycles. The van der Waals surface area contributed by atoms with Gasteiger partial charge in [-0.05, 0) is 24.7 Å².